The second-order valence-corrected chi connectivity index (χ2v) is 2.64. The minimum atomic E-state index is -3.21. The second kappa shape index (κ2) is 4.05. The van der Waals surface area contributed by atoms with Gasteiger partial charge in [0.15, 0.2) is 6.08 Å². The SMILES string of the molecule is [2H]C(O)(C(=O)O)C([2H])([2H])c1ccc(C)cc1. The molecule has 1 aromatic carbocycles. The molecule has 0 bridgehead atoms. The highest BCUT2D eigenvalue weighted by atomic mass is 16.4. The van der Waals surface area contributed by atoms with Gasteiger partial charge in [-0.25, -0.2) is 4.79 Å². The van der Waals surface area contributed by atoms with Crippen LogP contribution in [0.2, 0.25) is 0 Å². The van der Waals surface area contributed by atoms with E-state index in [1.165, 1.54) is 12.1 Å². The van der Waals surface area contributed by atoms with E-state index in [0.29, 0.717) is 0 Å². The van der Waals surface area contributed by atoms with E-state index in [9.17, 15) is 9.90 Å². The van der Waals surface area contributed by atoms with Crippen LogP contribution in [0, 0.1) is 6.92 Å². The van der Waals surface area contributed by atoms with Gasteiger partial charge in [-0.05, 0) is 12.5 Å². The van der Waals surface area contributed by atoms with Crippen molar-refractivity contribution in [1.82, 2.24) is 0 Å². The van der Waals surface area contributed by atoms with Crippen molar-refractivity contribution in [2.75, 3.05) is 0 Å². The lowest BCUT2D eigenvalue weighted by atomic mass is 10.1. The number of hydrogen-bond donors (Lipinski definition) is 2. The van der Waals surface area contributed by atoms with E-state index in [4.69, 9.17) is 9.22 Å². The van der Waals surface area contributed by atoms with Crippen molar-refractivity contribution in [3.05, 3.63) is 35.4 Å². The van der Waals surface area contributed by atoms with Crippen LogP contribution >= 0.6 is 0 Å². The molecule has 0 aliphatic rings. The summed E-state index contributed by atoms with van der Waals surface area (Å²) in [6.07, 6.45) is -5.88. The topological polar surface area (TPSA) is 57.5 Å². The Morgan fingerprint density at radius 2 is 2.15 bits per heavy atom. The molecule has 70 valence electrons. The first kappa shape index (κ1) is 6.16. The predicted molar refractivity (Wildman–Crippen MR) is 48.5 cm³/mol. The van der Waals surface area contributed by atoms with Crippen LogP contribution in [-0.2, 0) is 11.2 Å². The van der Waals surface area contributed by atoms with Gasteiger partial charge in [-0.2, -0.15) is 0 Å². The van der Waals surface area contributed by atoms with E-state index < -0.39 is 18.4 Å². The van der Waals surface area contributed by atoms with Crippen molar-refractivity contribution >= 4 is 5.97 Å². The quantitative estimate of drug-likeness (QED) is 0.734. The molecule has 1 aromatic rings. The summed E-state index contributed by atoms with van der Waals surface area (Å²) in [7, 11) is 0. The minimum Gasteiger partial charge on any atom is -0.479 e. The fourth-order valence-electron chi connectivity index (χ4n) is 0.827. The average Bonchev–Trinajstić information content (AvgIpc) is 2.17. The standard InChI is InChI=1S/C10H12O3/c1-7-2-4-8(5-3-7)6-9(11)10(12)13/h2-5,9,11H,6H2,1H3,(H,12,13)/i6D2,9D. The van der Waals surface area contributed by atoms with E-state index in [2.05, 4.69) is 0 Å². The van der Waals surface area contributed by atoms with Crippen molar-refractivity contribution in [2.45, 2.75) is 19.4 Å². The maximum absolute atomic E-state index is 10.6. The van der Waals surface area contributed by atoms with Crippen LogP contribution in [0.25, 0.3) is 0 Å². The lowest BCUT2D eigenvalue weighted by Crippen LogP contribution is -2.21. The average molecular weight is 183 g/mol. The van der Waals surface area contributed by atoms with Crippen LogP contribution in [0.4, 0.5) is 0 Å². The largest absolute Gasteiger partial charge is 0.479 e. The first-order valence-corrected chi connectivity index (χ1v) is 3.72. The van der Waals surface area contributed by atoms with E-state index in [1.54, 1.807) is 19.1 Å². The first-order chi connectivity index (χ1) is 7.19. The van der Waals surface area contributed by atoms with Crippen molar-refractivity contribution < 1.29 is 19.1 Å². The minimum absolute atomic E-state index is 0.0435. The number of carboxylic acids is 1. The van der Waals surface area contributed by atoms with Crippen LogP contribution in [0.5, 0.6) is 0 Å². The van der Waals surface area contributed by atoms with Gasteiger partial charge in [0.05, 0.1) is 1.37 Å². The van der Waals surface area contributed by atoms with Gasteiger partial charge in [-0.3, -0.25) is 0 Å². The molecule has 1 atom stereocenters. The zero-order valence-corrected chi connectivity index (χ0v) is 7.11. The molecule has 3 heteroatoms. The molecule has 3 nitrogen and oxygen atoms in total. The zero-order valence-electron chi connectivity index (χ0n) is 10.1. The molecule has 0 fully saturated rings. The van der Waals surface area contributed by atoms with Gasteiger partial charge in [0.25, 0.3) is 0 Å². The van der Waals surface area contributed by atoms with Crippen molar-refractivity contribution in [1.29, 1.82) is 0 Å². The third-order valence-corrected chi connectivity index (χ3v) is 1.52. The summed E-state index contributed by atoms with van der Waals surface area (Å²) in [5, 5.41) is 17.9. The third kappa shape index (κ3) is 2.87. The van der Waals surface area contributed by atoms with Crippen LogP contribution in [0.3, 0.4) is 0 Å². The highest BCUT2D eigenvalue weighted by Crippen LogP contribution is 2.05. The Morgan fingerprint density at radius 3 is 2.62 bits per heavy atom. The molecule has 0 saturated carbocycles. The first-order valence-electron chi connectivity index (χ1n) is 5.22. The van der Waals surface area contributed by atoms with Gasteiger partial charge in [-0.15, -0.1) is 0 Å². The van der Waals surface area contributed by atoms with Crippen LogP contribution in [0.1, 0.15) is 15.2 Å². The summed E-state index contributed by atoms with van der Waals surface area (Å²) in [4.78, 5) is 10.6. The molecule has 0 heterocycles. The molecular weight excluding hydrogens is 168 g/mol. The van der Waals surface area contributed by atoms with Gasteiger partial charge in [0.2, 0.25) is 0 Å². The summed E-state index contributed by atoms with van der Waals surface area (Å²) in [6, 6.07) is 5.89. The van der Waals surface area contributed by atoms with Gasteiger partial charge < -0.3 is 10.2 Å². The summed E-state index contributed by atoms with van der Waals surface area (Å²) in [6.45, 7) is 1.80. The molecule has 0 aliphatic heterocycles. The van der Waals surface area contributed by atoms with Crippen LogP contribution < -0.4 is 0 Å². The number of carbonyl (C=O) groups is 1. The van der Waals surface area contributed by atoms with Crippen LogP contribution in [0.15, 0.2) is 24.3 Å². The van der Waals surface area contributed by atoms with E-state index >= 15 is 0 Å². The lowest BCUT2D eigenvalue weighted by molar-refractivity contribution is -0.146. The van der Waals surface area contributed by atoms with Crippen molar-refractivity contribution in [3.63, 3.8) is 0 Å². The van der Waals surface area contributed by atoms with E-state index in [1.807, 2.05) is 0 Å². The summed E-state index contributed by atoms with van der Waals surface area (Å²) in [5.41, 5.74) is 0.835. The fourth-order valence-corrected chi connectivity index (χ4v) is 0.827. The zero-order chi connectivity index (χ0) is 12.6. The number of rotatable bonds is 3. The van der Waals surface area contributed by atoms with Crippen molar-refractivity contribution in [3.8, 4) is 0 Å². The molecule has 1 unspecified atom stereocenters. The molecular formula is C10H12O3. The third-order valence-electron chi connectivity index (χ3n) is 1.52. The molecule has 1 rings (SSSR count). The molecule has 0 aromatic heterocycles. The number of benzene rings is 1. The Hall–Kier alpha value is -1.35. The molecule has 0 spiro atoms. The second-order valence-electron chi connectivity index (χ2n) is 2.64. The number of hydrogen-bond acceptors (Lipinski definition) is 2. The monoisotopic (exact) mass is 183 g/mol. The Bertz CT molecular complexity index is 398. The predicted octanol–water partition coefficient (Wildman–Crippen LogP) is 0.983. The summed E-state index contributed by atoms with van der Waals surface area (Å²) in [5.74, 6) is -1.92. The molecule has 2 N–H and O–H groups in total. The normalized spacial score (nSPS) is 19.4. The van der Waals surface area contributed by atoms with Gasteiger partial charge in [0.1, 0.15) is 0 Å². The van der Waals surface area contributed by atoms with Gasteiger partial charge in [-0.1, -0.05) is 29.8 Å². The van der Waals surface area contributed by atoms with Crippen LogP contribution in [-0.4, -0.2) is 22.3 Å². The molecule has 0 radical (unpaired) electrons. The van der Waals surface area contributed by atoms with E-state index in [0.717, 1.165) is 5.56 Å². The smallest absolute Gasteiger partial charge is 0.332 e. The van der Waals surface area contributed by atoms with Crippen molar-refractivity contribution in [2.24, 2.45) is 0 Å². The Balaban J connectivity index is 3.20. The fraction of sp³-hybridized carbons (Fsp3) is 0.300. The Kier molecular flexibility index (Phi) is 1.92. The Morgan fingerprint density at radius 1 is 1.62 bits per heavy atom. The maximum atomic E-state index is 10.6. The number of carboxylic acid groups (broad SMARTS) is 1. The number of aryl methyl sites for hydroxylation is 1. The number of aliphatic hydroxyl groups is 1. The van der Waals surface area contributed by atoms with E-state index in [-0.39, 0.29) is 5.56 Å². The van der Waals surface area contributed by atoms with Gasteiger partial charge >= 0.3 is 5.97 Å². The lowest BCUT2D eigenvalue weighted by Gasteiger charge is -2.05. The molecule has 13 heavy (non-hydrogen) atoms. The maximum Gasteiger partial charge on any atom is 0.332 e. The molecule has 0 amide bonds. The molecule has 0 saturated heterocycles. The highest BCUT2D eigenvalue weighted by molar-refractivity contribution is 5.72. The highest BCUT2D eigenvalue weighted by Gasteiger charge is 2.12. The molecule has 0 aliphatic carbocycles. The van der Waals surface area contributed by atoms with Gasteiger partial charge in [0, 0.05) is 9.11 Å². The number of aliphatic carboxylic acids is 1. The Labute approximate surface area is 80.9 Å². The summed E-state index contributed by atoms with van der Waals surface area (Å²) >= 11 is 0. The summed E-state index contributed by atoms with van der Waals surface area (Å²) < 4.78 is 22.2.